The number of hydrogen-bond donors (Lipinski definition) is 2. The average molecular weight is 351 g/mol. The van der Waals surface area contributed by atoms with Gasteiger partial charge in [0, 0.05) is 25.3 Å². The first-order valence-corrected chi connectivity index (χ1v) is 9.46. The molecule has 2 rings (SSSR count). The van der Waals surface area contributed by atoms with Crippen molar-refractivity contribution < 1.29 is 14.3 Å². The normalized spacial score (nSPS) is 20.5. The molecular formula is C19H33N3O3. The fourth-order valence-electron chi connectivity index (χ4n) is 3.44. The van der Waals surface area contributed by atoms with Crippen LogP contribution in [0.1, 0.15) is 66.2 Å². The Bertz CT molecular complexity index is 497. The number of nitrogens with zero attached hydrogens (tertiary/aromatic N) is 1. The van der Waals surface area contributed by atoms with Crippen molar-refractivity contribution >= 4 is 12.1 Å². The molecule has 142 valence electrons. The molecule has 0 aromatic heterocycles. The summed E-state index contributed by atoms with van der Waals surface area (Å²) >= 11 is 0. The van der Waals surface area contributed by atoms with Gasteiger partial charge in [-0.25, -0.2) is 9.59 Å². The van der Waals surface area contributed by atoms with E-state index in [1.54, 1.807) is 4.90 Å². The first-order valence-electron chi connectivity index (χ1n) is 9.46. The van der Waals surface area contributed by atoms with E-state index in [0.717, 1.165) is 12.8 Å². The van der Waals surface area contributed by atoms with E-state index in [9.17, 15) is 9.59 Å². The maximum absolute atomic E-state index is 12.1. The molecule has 0 radical (unpaired) electrons. The number of urea groups is 1. The quantitative estimate of drug-likeness (QED) is 0.813. The van der Waals surface area contributed by atoms with E-state index in [-0.39, 0.29) is 18.2 Å². The summed E-state index contributed by atoms with van der Waals surface area (Å²) in [6.45, 7) is 8.91. The van der Waals surface area contributed by atoms with Gasteiger partial charge in [-0.05, 0) is 59.3 Å². The van der Waals surface area contributed by atoms with Gasteiger partial charge in [-0.3, -0.25) is 0 Å². The molecule has 6 heteroatoms. The summed E-state index contributed by atoms with van der Waals surface area (Å²) in [4.78, 5) is 25.8. The Morgan fingerprint density at radius 2 is 1.68 bits per heavy atom. The molecule has 0 aromatic carbocycles. The van der Waals surface area contributed by atoms with Gasteiger partial charge in [0.25, 0.3) is 0 Å². The smallest absolute Gasteiger partial charge is 0.410 e. The minimum atomic E-state index is -0.477. The molecule has 0 aromatic rings. The third kappa shape index (κ3) is 6.59. The van der Waals surface area contributed by atoms with Gasteiger partial charge in [0.05, 0.1) is 0 Å². The molecule has 1 saturated carbocycles. The van der Waals surface area contributed by atoms with Gasteiger partial charge in [-0.1, -0.05) is 18.4 Å². The number of carbonyl (C=O) groups excluding carboxylic acids is 2. The number of amides is 3. The molecule has 2 aliphatic rings. The third-order valence-corrected chi connectivity index (χ3v) is 4.91. The van der Waals surface area contributed by atoms with E-state index in [2.05, 4.69) is 17.6 Å². The van der Waals surface area contributed by atoms with Crippen LogP contribution in [0, 0.1) is 5.92 Å². The number of piperidine rings is 1. The van der Waals surface area contributed by atoms with Crippen molar-refractivity contribution in [2.75, 3.05) is 13.1 Å². The minimum absolute atomic E-state index is 0.0962. The van der Waals surface area contributed by atoms with Gasteiger partial charge in [0.2, 0.25) is 0 Å². The highest BCUT2D eigenvalue weighted by atomic mass is 16.6. The van der Waals surface area contributed by atoms with Crippen LogP contribution in [-0.4, -0.2) is 41.8 Å². The maximum Gasteiger partial charge on any atom is 0.410 e. The fraction of sp³-hybridized carbons (Fsp3) is 0.789. The van der Waals surface area contributed by atoms with Crippen LogP contribution in [0.2, 0.25) is 0 Å². The summed E-state index contributed by atoms with van der Waals surface area (Å²) in [7, 11) is 0. The molecule has 1 aliphatic heterocycles. The third-order valence-electron chi connectivity index (χ3n) is 4.91. The first-order chi connectivity index (χ1) is 11.7. The summed E-state index contributed by atoms with van der Waals surface area (Å²) in [5, 5.41) is 5.85. The molecule has 0 spiro atoms. The summed E-state index contributed by atoms with van der Waals surface area (Å²) in [6.07, 6.45) is 8.11. The number of ether oxygens (including phenoxy) is 1. The zero-order chi connectivity index (χ0) is 18.4. The van der Waals surface area contributed by atoms with Crippen LogP contribution in [0.25, 0.3) is 0 Å². The van der Waals surface area contributed by atoms with E-state index in [4.69, 9.17) is 4.74 Å². The van der Waals surface area contributed by atoms with E-state index in [1.807, 2.05) is 27.0 Å². The molecule has 3 amide bonds. The van der Waals surface area contributed by atoms with Gasteiger partial charge in [-0.15, -0.1) is 0 Å². The molecule has 6 nitrogen and oxygen atoms in total. The zero-order valence-electron chi connectivity index (χ0n) is 16.1. The largest absolute Gasteiger partial charge is 0.444 e. The van der Waals surface area contributed by atoms with Crippen LogP contribution in [0.3, 0.4) is 0 Å². The van der Waals surface area contributed by atoms with Crippen LogP contribution in [0.4, 0.5) is 9.59 Å². The highest BCUT2D eigenvalue weighted by Gasteiger charge is 2.27. The van der Waals surface area contributed by atoms with E-state index in [1.165, 1.54) is 31.3 Å². The van der Waals surface area contributed by atoms with Crippen molar-refractivity contribution in [2.45, 2.75) is 77.9 Å². The second-order valence-electron chi connectivity index (χ2n) is 8.23. The summed E-state index contributed by atoms with van der Waals surface area (Å²) < 4.78 is 5.39. The van der Waals surface area contributed by atoms with E-state index >= 15 is 0 Å². The van der Waals surface area contributed by atoms with Crippen LogP contribution >= 0.6 is 0 Å². The second kappa shape index (κ2) is 8.59. The Morgan fingerprint density at radius 1 is 1.08 bits per heavy atom. The van der Waals surface area contributed by atoms with Crippen molar-refractivity contribution in [1.29, 1.82) is 0 Å². The van der Waals surface area contributed by atoms with Crippen LogP contribution in [-0.2, 0) is 4.74 Å². The topological polar surface area (TPSA) is 70.7 Å². The molecule has 25 heavy (non-hydrogen) atoms. The Kier molecular flexibility index (Phi) is 6.73. The molecular weight excluding hydrogens is 318 g/mol. The average Bonchev–Trinajstić information content (AvgIpc) is 3.06. The van der Waals surface area contributed by atoms with Gasteiger partial charge in [0.1, 0.15) is 5.60 Å². The van der Waals surface area contributed by atoms with E-state index in [0.29, 0.717) is 19.0 Å². The highest BCUT2D eigenvalue weighted by molar-refractivity contribution is 5.75. The fourth-order valence-corrected chi connectivity index (χ4v) is 3.44. The lowest BCUT2D eigenvalue weighted by atomic mass is 10.0. The number of hydrogen-bond acceptors (Lipinski definition) is 3. The Morgan fingerprint density at radius 3 is 2.24 bits per heavy atom. The number of rotatable bonds is 3. The lowest BCUT2D eigenvalue weighted by Crippen LogP contribution is -2.49. The summed E-state index contributed by atoms with van der Waals surface area (Å²) in [6, 6.07) is -0.0630. The SMILES string of the molecule is C/C(=C\NC(=O)NC1CCN(C(=O)OC(C)(C)C)CC1)C1CCCC1. The highest BCUT2D eigenvalue weighted by Crippen LogP contribution is 2.30. The molecule has 0 bridgehead atoms. The lowest BCUT2D eigenvalue weighted by Gasteiger charge is -2.33. The van der Waals surface area contributed by atoms with Crippen molar-refractivity contribution in [2.24, 2.45) is 5.92 Å². The standard InChI is InChI=1S/C19H33N3O3/c1-14(15-7-5-6-8-15)13-20-17(23)21-16-9-11-22(12-10-16)18(24)25-19(2,3)4/h13,15-16H,5-12H2,1-4H3,(H2,20,21,23)/b14-13+. The summed E-state index contributed by atoms with van der Waals surface area (Å²) in [5.41, 5.74) is 0.780. The molecule has 0 unspecified atom stereocenters. The molecule has 0 atom stereocenters. The number of likely N-dealkylation sites (tertiary alicyclic amines) is 1. The van der Waals surface area contributed by atoms with Crippen molar-refractivity contribution in [3.8, 4) is 0 Å². The van der Waals surface area contributed by atoms with Gasteiger partial charge in [0.15, 0.2) is 0 Å². The molecule has 1 heterocycles. The zero-order valence-corrected chi connectivity index (χ0v) is 16.1. The van der Waals surface area contributed by atoms with Crippen LogP contribution < -0.4 is 10.6 Å². The monoisotopic (exact) mass is 351 g/mol. The lowest BCUT2D eigenvalue weighted by molar-refractivity contribution is 0.0201. The van der Waals surface area contributed by atoms with Crippen molar-refractivity contribution in [3.63, 3.8) is 0 Å². The Hall–Kier alpha value is -1.72. The van der Waals surface area contributed by atoms with E-state index < -0.39 is 5.60 Å². The number of nitrogens with one attached hydrogen (secondary N) is 2. The van der Waals surface area contributed by atoms with Gasteiger partial charge >= 0.3 is 12.1 Å². The first kappa shape index (κ1) is 19.6. The predicted molar refractivity (Wildman–Crippen MR) is 98.2 cm³/mol. The molecule has 2 fully saturated rings. The van der Waals surface area contributed by atoms with Crippen molar-refractivity contribution in [3.05, 3.63) is 11.8 Å². The maximum atomic E-state index is 12.1. The van der Waals surface area contributed by atoms with Crippen molar-refractivity contribution in [1.82, 2.24) is 15.5 Å². The van der Waals surface area contributed by atoms with Gasteiger partial charge in [-0.2, -0.15) is 0 Å². The number of allylic oxidation sites excluding steroid dienone is 1. The Labute approximate surface area is 151 Å². The van der Waals surface area contributed by atoms with Crippen LogP contribution in [0.5, 0.6) is 0 Å². The molecule has 1 saturated heterocycles. The molecule has 1 aliphatic carbocycles. The minimum Gasteiger partial charge on any atom is -0.444 e. The Balaban J connectivity index is 1.69. The predicted octanol–water partition coefficient (Wildman–Crippen LogP) is 3.78. The second-order valence-corrected chi connectivity index (χ2v) is 8.23. The van der Waals surface area contributed by atoms with Gasteiger partial charge < -0.3 is 20.3 Å². The van der Waals surface area contributed by atoms with Crippen LogP contribution in [0.15, 0.2) is 11.8 Å². The molecule has 2 N–H and O–H groups in total. The summed E-state index contributed by atoms with van der Waals surface area (Å²) in [5.74, 6) is 0.623. The number of carbonyl (C=O) groups is 2.